The predicted octanol–water partition coefficient (Wildman–Crippen LogP) is 3.12. The molecule has 64 heavy (non-hydrogen) atoms. The highest BCUT2D eigenvalue weighted by Gasteiger charge is 2.65. The topological polar surface area (TPSA) is 244 Å². The first-order chi connectivity index (χ1) is 29.6. The highest BCUT2D eigenvalue weighted by molar-refractivity contribution is 8.02. The van der Waals surface area contributed by atoms with Crippen molar-refractivity contribution in [3.05, 3.63) is 47.5 Å². The molecule has 0 saturated carbocycles. The van der Waals surface area contributed by atoms with Gasteiger partial charge in [-0.25, -0.2) is 9.59 Å². The van der Waals surface area contributed by atoms with Gasteiger partial charge in [-0.2, -0.15) is 0 Å². The van der Waals surface area contributed by atoms with E-state index >= 15 is 0 Å². The van der Waals surface area contributed by atoms with Crippen LogP contribution in [0.4, 0.5) is 0 Å². The van der Waals surface area contributed by atoms with Gasteiger partial charge in [-0.15, -0.1) is 23.5 Å². The molecule has 0 aliphatic carbocycles. The molecule has 4 heterocycles. The van der Waals surface area contributed by atoms with Crippen LogP contribution in [0.1, 0.15) is 80.4 Å². The van der Waals surface area contributed by atoms with Gasteiger partial charge in [-0.3, -0.25) is 28.8 Å². The zero-order valence-corrected chi connectivity index (χ0v) is 38.9. The number of esters is 4. The van der Waals surface area contributed by atoms with Crippen molar-refractivity contribution in [1.29, 1.82) is 0 Å². The van der Waals surface area contributed by atoms with Crippen LogP contribution in [-0.4, -0.2) is 126 Å². The number of hydrogen-bond acceptors (Lipinski definition) is 16. The summed E-state index contributed by atoms with van der Waals surface area (Å²) in [7, 11) is 0. The van der Waals surface area contributed by atoms with E-state index in [0.717, 1.165) is 0 Å². The van der Waals surface area contributed by atoms with Gasteiger partial charge in [-0.1, -0.05) is 12.1 Å². The minimum absolute atomic E-state index is 0.166. The van der Waals surface area contributed by atoms with Crippen LogP contribution in [0.3, 0.4) is 0 Å². The van der Waals surface area contributed by atoms with Crippen molar-refractivity contribution < 1.29 is 67.5 Å². The molecule has 6 unspecified atom stereocenters. The molecule has 0 bridgehead atoms. The summed E-state index contributed by atoms with van der Waals surface area (Å²) in [5, 5.41) is 26.1. The number of phenols is 2. The molecule has 4 amide bonds. The smallest absolute Gasteiger partial charge is 0.333 e. The summed E-state index contributed by atoms with van der Waals surface area (Å²) in [4.78, 5) is 106. The number of aromatic hydroxyl groups is 2. The number of carbonyl (C=O) groups is 8. The van der Waals surface area contributed by atoms with Crippen molar-refractivity contribution >= 4 is 71.0 Å². The van der Waals surface area contributed by atoms with E-state index in [9.17, 15) is 48.6 Å². The van der Waals surface area contributed by atoms with Gasteiger partial charge in [0.1, 0.15) is 46.4 Å². The van der Waals surface area contributed by atoms with Crippen molar-refractivity contribution in [2.75, 3.05) is 13.6 Å². The number of hydrogen-bond donors (Lipinski definition) is 4. The van der Waals surface area contributed by atoms with Gasteiger partial charge in [-0.05, 0) is 105 Å². The number of rotatable bonds is 13. The average Bonchev–Trinajstić information content (AvgIpc) is 3.60. The molecule has 18 nitrogen and oxygen atoms in total. The van der Waals surface area contributed by atoms with E-state index in [2.05, 4.69) is 10.6 Å². The molecule has 4 aliphatic rings. The highest BCUT2D eigenvalue weighted by atomic mass is 32.2. The second-order valence-electron chi connectivity index (χ2n) is 19.2. The molecule has 4 fully saturated rings. The molecular weight excluding hydrogens is 873 g/mol. The fourth-order valence-electron chi connectivity index (χ4n) is 7.76. The van der Waals surface area contributed by atoms with Crippen LogP contribution in [0.15, 0.2) is 36.4 Å². The molecule has 0 spiro atoms. The molecule has 2 aromatic rings. The summed E-state index contributed by atoms with van der Waals surface area (Å²) < 4.78 is 19.0. The maximum atomic E-state index is 13.3. The number of amides is 4. The molecule has 6 atom stereocenters. The zero-order chi connectivity index (χ0) is 47.4. The minimum Gasteiger partial charge on any atom is -0.507 e. The third kappa shape index (κ3) is 9.62. The molecule has 20 heteroatoms. The van der Waals surface area contributed by atoms with E-state index < -0.39 is 116 Å². The molecule has 4 saturated heterocycles. The van der Waals surface area contributed by atoms with Gasteiger partial charge in [0.2, 0.25) is 37.2 Å². The van der Waals surface area contributed by atoms with E-state index in [-0.39, 0.29) is 35.5 Å². The second kappa shape index (κ2) is 17.5. The summed E-state index contributed by atoms with van der Waals surface area (Å²) in [6, 6.07) is 4.92. The summed E-state index contributed by atoms with van der Waals surface area (Å²) in [5.74, 6) is -5.01. The van der Waals surface area contributed by atoms with E-state index in [1.807, 2.05) is 0 Å². The lowest BCUT2D eigenvalue weighted by Gasteiger charge is -2.43. The third-order valence-electron chi connectivity index (χ3n) is 11.1. The van der Waals surface area contributed by atoms with Gasteiger partial charge < -0.3 is 49.6 Å². The molecule has 2 aromatic carbocycles. The fourth-order valence-corrected chi connectivity index (χ4v) is 11.0. The Morgan fingerprint density at radius 1 is 0.609 bits per heavy atom. The average molecular weight is 927 g/mol. The Hall–Kier alpha value is -5.50. The number of thioether (sulfide) groups is 2. The number of β-lactam (4-membered cyclic amide) rings is 2. The van der Waals surface area contributed by atoms with Crippen LogP contribution in [0, 0.1) is 10.8 Å². The Kier molecular flexibility index (Phi) is 13.1. The molecule has 6 rings (SSSR count). The number of nitrogens with zero attached hydrogens (tertiary/aromatic N) is 2. The predicted molar refractivity (Wildman–Crippen MR) is 232 cm³/mol. The standard InChI is InChI=1S/C44H54N4O14S2/c1-41(2,3)39(57)61-19-59-37(55)31-43(7,8)63-35-29(33(53)47(31)35)45-27(51)17-21-11-13-25(49)23(15-21)24-16-22(12-14-26(24)50)18-28(52)46-30-34(54)48-32(44(9,10)64-36(30)48)38(56)60-20-62-40(58)42(4,5)6/h11-16,29-32,35-36,49-50H,17-20H2,1-10H3,(H,45,51)(H,46,52). The highest BCUT2D eigenvalue weighted by Crippen LogP contribution is 2.52. The first-order valence-electron chi connectivity index (χ1n) is 20.5. The van der Waals surface area contributed by atoms with E-state index in [4.69, 9.17) is 18.9 Å². The normalized spacial score (nSPS) is 24.0. The van der Waals surface area contributed by atoms with Gasteiger partial charge in [0, 0.05) is 20.6 Å². The number of carbonyl (C=O) groups excluding carboxylic acids is 8. The van der Waals surface area contributed by atoms with Crippen molar-refractivity contribution in [2.45, 2.75) is 126 Å². The van der Waals surface area contributed by atoms with Crippen molar-refractivity contribution in [2.24, 2.45) is 10.8 Å². The molecule has 346 valence electrons. The largest absolute Gasteiger partial charge is 0.507 e. The van der Waals surface area contributed by atoms with E-state index in [1.165, 1.54) is 69.7 Å². The monoisotopic (exact) mass is 926 g/mol. The molecule has 0 aromatic heterocycles. The minimum atomic E-state index is -0.985. The van der Waals surface area contributed by atoms with Gasteiger partial charge >= 0.3 is 23.9 Å². The van der Waals surface area contributed by atoms with Crippen LogP contribution in [0.5, 0.6) is 11.5 Å². The lowest BCUT2D eigenvalue weighted by atomic mass is 9.95. The van der Waals surface area contributed by atoms with E-state index in [1.54, 1.807) is 69.2 Å². The number of benzene rings is 2. The number of nitrogens with one attached hydrogen (secondary N) is 2. The maximum absolute atomic E-state index is 13.3. The van der Waals surface area contributed by atoms with Crippen LogP contribution in [0.2, 0.25) is 0 Å². The first kappa shape index (κ1) is 48.0. The molecular formula is C44H54N4O14S2. The lowest BCUT2D eigenvalue weighted by molar-refractivity contribution is -0.181. The summed E-state index contributed by atoms with van der Waals surface area (Å²) in [5.41, 5.74) is -0.402. The summed E-state index contributed by atoms with van der Waals surface area (Å²) in [6.07, 6.45) is -0.423. The Bertz CT molecular complexity index is 2130. The SMILES string of the molecule is CC(C)(C)C(=O)OCOC(=O)C1N2C(=O)C(NC(=O)Cc3ccc(O)c(-c4cc(CC(=O)NC5C(=O)N6C5SC(C)(C)C6C(=O)OCOC(=O)C(C)(C)C)ccc4O)c3)C2SC1(C)C. The number of fused-ring (bicyclic) bond motifs is 2. The zero-order valence-electron chi connectivity index (χ0n) is 37.3. The van der Waals surface area contributed by atoms with E-state index in [0.29, 0.717) is 11.1 Å². The first-order valence-corrected chi connectivity index (χ1v) is 22.3. The maximum Gasteiger partial charge on any atom is 0.333 e. The second-order valence-corrected chi connectivity index (χ2v) is 22.7. The number of phenolic OH excluding ortho intramolecular Hbond substituents is 2. The number of ether oxygens (including phenoxy) is 4. The van der Waals surface area contributed by atoms with Crippen LogP contribution < -0.4 is 10.6 Å². The molecule has 4 N–H and O–H groups in total. The van der Waals surface area contributed by atoms with Crippen LogP contribution in [-0.2, 0) is 70.1 Å². The third-order valence-corrected chi connectivity index (χ3v) is 14.3. The quantitative estimate of drug-likeness (QED) is 0.128. The van der Waals surface area contributed by atoms with Crippen LogP contribution in [0.25, 0.3) is 11.1 Å². The van der Waals surface area contributed by atoms with Crippen molar-refractivity contribution in [1.82, 2.24) is 20.4 Å². The van der Waals surface area contributed by atoms with Crippen molar-refractivity contribution in [3.63, 3.8) is 0 Å². The Balaban J connectivity index is 1.04. The van der Waals surface area contributed by atoms with Gasteiger partial charge in [0.05, 0.1) is 23.7 Å². The molecule has 0 radical (unpaired) electrons. The fraction of sp³-hybridized carbons (Fsp3) is 0.545. The van der Waals surface area contributed by atoms with Crippen LogP contribution >= 0.6 is 23.5 Å². The Labute approximate surface area is 378 Å². The van der Waals surface area contributed by atoms with Crippen molar-refractivity contribution in [3.8, 4) is 22.6 Å². The molecule has 4 aliphatic heterocycles. The Morgan fingerprint density at radius 2 is 0.953 bits per heavy atom. The summed E-state index contributed by atoms with van der Waals surface area (Å²) in [6.45, 7) is 15.9. The summed E-state index contributed by atoms with van der Waals surface area (Å²) >= 11 is 2.65. The van der Waals surface area contributed by atoms with Gasteiger partial charge in [0.15, 0.2) is 0 Å². The lowest BCUT2D eigenvalue weighted by Crippen LogP contribution is -2.70. The van der Waals surface area contributed by atoms with Gasteiger partial charge in [0.25, 0.3) is 0 Å². The Morgan fingerprint density at radius 3 is 1.28 bits per heavy atom.